The Bertz CT molecular complexity index is 2940. The van der Waals surface area contributed by atoms with Gasteiger partial charge in [0.2, 0.25) is 0 Å². The Labute approximate surface area is 300 Å². The van der Waals surface area contributed by atoms with Gasteiger partial charge in [-0.05, 0) is 92.0 Å². The first kappa shape index (κ1) is 27.9. The molecule has 52 heavy (non-hydrogen) atoms. The van der Waals surface area contributed by atoms with Gasteiger partial charge < -0.3 is 13.9 Å². The van der Waals surface area contributed by atoms with Crippen LogP contribution in [-0.2, 0) is 5.41 Å². The zero-order chi connectivity index (χ0) is 34.0. The Hall–Kier alpha value is -6.84. The summed E-state index contributed by atoms with van der Waals surface area (Å²) >= 11 is 0. The van der Waals surface area contributed by atoms with Crippen molar-refractivity contribution in [3.05, 3.63) is 192 Å². The number of fused-ring (bicyclic) bond motifs is 16. The molecule has 242 valence electrons. The molecule has 0 amide bonds. The lowest BCUT2D eigenvalue weighted by atomic mass is 9.70. The summed E-state index contributed by atoms with van der Waals surface area (Å²) in [7, 11) is 0. The molecule has 0 saturated carbocycles. The van der Waals surface area contributed by atoms with E-state index in [2.05, 4.69) is 133 Å². The highest BCUT2D eigenvalue weighted by Gasteiger charge is 2.53. The van der Waals surface area contributed by atoms with Gasteiger partial charge in [0.1, 0.15) is 11.2 Å². The van der Waals surface area contributed by atoms with Crippen molar-refractivity contribution in [3.63, 3.8) is 0 Å². The molecule has 3 aliphatic rings. The minimum absolute atomic E-state index is 0.527. The summed E-state index contributed by atoms with van der Waals surface area (Å²) in [6, 6.07) is 60.6. The number of ether oxygens (including phenoxy) is 2. The van der Waals surface area contributed by atoms with Gasteiger partial charge in [-0.15, -0.1) is 0 Å². The van der Waals surface area contributed by atoms with E-state index >= 15 is 0 Å². The highest BCUT2D eigenvalue weighted by atomic mass is 16.6. The third-order valence-electron chi connectivity index (χ3n) is 11.4. The fourth-order valence-electron chi connectivity index (χ4n) is 9.23. The Morgan fingerprint density at radius 2 is 1.02 bits per heavy atom. The fourth-order valence-corrected chi connectivity index (χ4v) is 9.23. The fraction of sp³-hybridized carbons (Fsp3) is 0.0204. The van der Waals surface area contributed by atoms with E-state index in [9.17, 15) is 0 Å². The number of para-hydroxylation sites is 4. The molecule has 1 aromatic heterocycles. The van der Waals surface area contributed by atoms with Gasteiger partial charge in [0, 0.05) is 21.9 Å². The minimum atomic E-state index is -0.527. The Kier molecular flexibility index (Phi) is 5.43. The average Bonchev–Trinajstić information content (AvgIpc) is 3.84. The lowest BCUT2D eigenvalue weighted by molar-refractivity contribution is 0.360. The second-order valence-electron chi connectivity index (χ2n) is 13.9. The molecule has 1 spiro atoms. The van der Waals surface area contributed by atoms with Crippen molar-refractivity contribution in [2.75, 3.05) is 0 Å². The summed E-state index contributed by atoms with van der Waals surface area (Å²) in [5, 5.41) is 2.27. The first-order chi connectivity index (χ1) is 25.8. The van der Waals surface area contributed by atoms with Crippen molar-refractivity contribution in [2.24, 2.45) is 0 Å². The molecule has 1 aliphatic heterocycles. The Morgan fingerprint density at radius 3 is 1.87 bits per heavy atom. The lowest BCUT2D eigenvalue weighted by Crippen LogP contribution is -2.26. The third-order valence-corrected chi connectivity index (χ3v) is 11.4. The molecule has 3 heteroatoms. The van der Waals surface area contributed by atoms with Gasteiger partial charge in [0.05, 0.1) is 5.41 Å². The molecular weight excluding hydrogens is 637 g/mol. The predicted molar refractivity (Wildman–Crippen MR) is 207 cm³/mol. The minimum Gasteiger partial charge on any atom is -0.455 e. The molecule has 0 unspecified atom stereocenters. The Morgan fingerprint density at radius 1 is 0.365 bits per heavy atom. The van der Waals surface area contributed by atoms with Crippen molar-refractivity contribution in [1.29, 1.82) is 0 Å². The normalized spacial score (nSPS) is 13.8. The molecule has 3 nitrogen and oxygen atoms in total. The van der Waals surface area contributed by atoms with Crippen LogP contribution in [0, 0.1) is 0 Å². The molecule has 0 fully saturated rings. The molecule has 0 saturated heterocycles. The van der Waals surface area contributed by atoms with Gasteiger partial charge in [0.15, 0.2) is 23.0 Å². The van der Waals surface area contributed by atoms with Gasteiger partial charge in [-0.25, -0.2) is 0 Å². The van der Waals surface area contributed by atoms with E-state index in [1.807, 2.05) is 36.4 Å². The second-order valence-corrected chi connectivity index (χ2v) is 13.9. The molecule has 0 radical (unpaired) electrons. The topological polar surface area (TPSA) is 31.6 Å². The Balaban J connectivity index is 1.10. The lowest BCUT2D eigenvalue weighted by Gasteiger charge is -2.31. The smallest absolute Gasteiger partial charge is 0.178 e. The summed E-state index contributed by atoms with van der Waals surface area (Å²) in [5.74, 6) is 2.96. The summed E-state index contributed by atoms with van der Waals surface area (Å²) < 4.78 is 19.7. The van der Waals surface area contributed by atoms with Crippen molar-refractivity contribution in [2.45, 2.75) is 5.41 Å². The maximum Gasteiger partial charge on any atom is 0.178 e. The molecule has 0 N–H and O–H groups in total. The van der Waals surface area contributed by atoms with E-state index in [1.54, 1.807) is 0 Å². The molecule has 2 heterocycles. The first-order valence-electron chi connectivity index (χ1n) is 17.7. The van der Waals surface area contributed by atoms with E-state index in [1.165, 1.54) is 33.4 Å². The van der Waals surface area contributed by atoms with Gasteiger partial charge >= 0.3 is 0 Å². The molecule has 12 rings (SSSR count). The summed E-state index contributed by atoms with van der Waals surface area (Å²) in [4.78, 5) is 0. The molecule has 8 aromatic carbocycles. The number of benzene rings is 8. The van der Waals surface area contributed by atoms with Gasteiger partial charge in [-0.1, -0.05) is 133 Å². The van der Waals surface area contributed by atoms with Crippen LogP contribution in [0.5, 0.6) is 23.0 Å². The van der Waals surface area contributed by atoms with Gasteiger partial charge in [-0.3, -0.25) is 0 Å². The van der Waals surface area contributed by atoms with Crippen LogP contribution in [-0.4, -0.2) is 0 Å². The van der Waals surface area contributed by atoms with Crippen molar-refractivity contribution < 1.29 is 13.9 Å². The average molecular weight is 665 g/mol. The van der Waals surface area contributed by atoms with Gasteiger partial charge in [0.25, 0.3) is 0 Å². The molecular formula is C49H28O3. The molecule has 0 bridgehead atoms. The van der Waals surface area contributed by atoms with Crippen LogP contribution in [0.15, 0.2) is 174 Å². The highest BCUT2D eigenvalue weighted by molar-refractivity contribution is 6.09. The monoisotopic (exact) mass is 664 g/mol. The van der Waals surface area contributed by atoms with Crippen molar-refractivity contribution >= 4 is 21.9 Å². The largest absolute Gasteiger partial charge is 0.455 e. The number of rotatable bonds is 2. The number of hydrogen-bond donors (Lipinski definition) is 0. The standard InChI is InChI=1S/C49H28O3/c1-4-18-38-33(13-1)34-14-2-5-19-39(34)49(38)40-25-26-45-48(52-44-22-8-7-21-43(44)50-45)46(40)37-24-23-30(28-41(37)49)29-11-9-12-31(27-29)32-16-10-17-36-35-15-3-6-20-42(35)51-47(32)36/h1-28H. The number of hydrogen-bond acceptors (Lipinski definition) is 3. The van der Waals surface area contributed by atoms with Crippen LogP contribution in [0.4, 0.5) is 0 Å². The molecule has 2 aliphatic carbocycles. The second kappa shape index (κ2) is 10.1. The van der Waals surface area contributed by atoms with E-state index in [0.717, 1.165) is 78.3 Å². The van der Waals surface area contributed by atoms with Crippen LogP contribution in [0.25, 0.3) is 66.4 Å². The van der Waals surface area contributed by atoms with Crippen molar-refractivity contribution in [1.82, 2.24) is 0 Å². The van der Waals surface area contributed by atoms with E-state index in [0.29, 0.717) is 0 Å². The predicted octanol–water partition coefficient (Wildman–Crippen LogP) is 13.2. The van der Waals surface area contributed by atoms with Crippen molar-refractivity contribution in [3.8, 4) is 67.5 Å². The van der Waals surface area contributed by atoms with Gasteiger partial charge in [-0.2, -0.15) is 0 Å². The SMILES string of the molecule is c1cc(-c2ccc3c(c2)C2(c4ccccc4-c4ccccc42)c2ccc4c(c2-3)Oc2ccccc2O4)cc(-c2cccc3c2oc2ccccc23)c1. The van der Waals surface area contributed by atoms with E-state index < -0.39 is 5.41 Å². The molecule has 9 aromatic rings. The first-order valence-corrected chi connectivity index (χ1v) is 17.7. The number of furan rings is 1. The van der Waals surface area contributed by atoms with E-state index in [4.69, 9.17) is 13.9 Å². The summed E-state index contributed by atoms with van der Waals surface area (Å²) in [6.07, 6.45) is 0. The van der Waals surface area contributed by atoms with Crippen LogP contribution >= 0.6 is 0 Å². The van der Waals surface area contributed by atoms with E-state index in [-0.39, 0.29) is 0 Å². The summed E-state index contributed by atoms with van der Waals surface area (Å²) in [5.41, 5.74) is 15.6. The van der Waals surface area contributed by atoms with Crippen LogP contribution in [0.3, 0.4) is 0 Å². The molecule has 0 atom stereocenters. The zero-order valence-electron chi connectivity index (χ0n) is 27.9. The maximum absolute atomic E-state index is 6.76. The van der Waals surface area contributed by atoms with Crippen LogP contribution < -0.4 is 9.47 Å². The third kappa shape index (κ3) is 3.54. The maximum atomic E-state index is 6.76. The zero-order valence-corrected chi connectivity index (χ0v) is 27.9. The summed E-state index contributed by atoms with van der Waals surface area (Å²) in [6.45, 7) is 0. The van der Waals surface area contributed by atoms with Crippen LogP contribution in [0.2, 0.25) is 0 Å². The highest BCUT2D eigenvalue weighted by Crippen LogP contribution is 2.66. The van der Waals surface area contributed by atoms with Crippen LogP contribution in [0.1, 0.15) is 22.3 Å². The quantitative estimate of drug-likeness (QED) is 0.184.